The Kier molecular flexibility index (Phi) is 7.61. The number of rotatable bonds is 8. The third-order valence-corrected chi connectivity index (χ3v) is 4.54. The van der Waals surface area contributed by atoms with Crippen LogP contribution < -0.4 is 14.9 Å². The summed E-state index contributed by atoms with van der Waals surface area (Å²) in [5, 5.41) is 4.04. The molecule has 0 saturated carbocycles. The number of methoxy groups -OCH3 is 1. The minimum absolute atomic E-state index is 0.145. The molecule has 7 nitrogen and oxygen atoms in total. The third kappa shape index (κ3) is 6.58. The second kappa shape index (κ2) is 10.6. The van der Waals surface area contributed by atoms with Crippen molar-refractivity contribution in [3.8, 4) is 11.5 Å². The Labute approximate surface area is 171 Å². The summed E-state index contributed by atoms with van der Waals surface area (Å²) in [6.07, 6.45) is 1.59. The molecule has 0 aliphatic carbocycles. The number of carbonyl (C=O) groups is 1. The van der Waals surface area contributed by atoms with E-state index in [4.69, 9.17) is 14.2 Å². The largest absolute Gasteiger partial charge is 0.493 e. The van der Waals surface area contributed by atoms with Gasteiger partial charge in [0.1, 0.15) is 6.61 Å². The van der Waals surface area contributed by atoms with Gasteiger partial charge in [0.15, 0.2) is 11.5 Å². The number of hydrogen-bond acceptors (Lipinski definition) is 6. The van der Waals surface area contributed by atoms with Crippen LogP contribution in [-0.4, -0.2) is 57.0 Å². The van der Waals surface area contributed by atoms with Crippen LogP contribution in [0.2, 0.25) is 0 Å². The predicted octanol–water partition coefficient (Wildman–Crippen LogP) is 2.36. The first-order valence-electron chi connectivity index (χ1n) is 9.62. The molecule has 0 unspecified atom stereocenters. The first kappa shape index (κ1) is 20.8. The number of aryl methyl sites for hydroxylation is 1. The zero-order valence-electron chi connectivity index (χ0n) is 16.9. The van der Waals surface area contributed by atoms with Crippen LogP contribution in [0.15, 0.2) is 47.6 Å². The number of nitrogens with zero attached hydrogens (tertiary/aromatic N) is 2. The lowest BCUT2D eigenvalue weighted by Crippen LogP contribution is -2.42. The summed E-state index contributed by atoms with van der Waals surface area (Å²) < 4.78 is 16.6. The molecule has 2 aromatic carbocycles. The van der Waals surface area contributed by atoms with Crippen LogP contribution in [0.4, 0.5) is 0 Å². The van der Waals surface area contributed by atoms with Gasteiger partial charge in [0.25, 0.3) is 5.91 Å². The van der Waals surface area contributed by atoms with Crippen molar-refractivity contribution >= 4 is 12.1 Å². The zero-order chi connectivity index (χ0) is 20.5. The van der Waals surface area contributed by atoms with Crippen LogP contribution in [0.1, 0.15) is 16.7 Å². The van der Waals surface area contributed by atoms with Crippen molar-refractivity contribution in [2.75, 3.05) is 40.0 Å². The van der Waals surface area contributed by atoms with Gasteiger partial charge in [-0.3, -0.25) is 9.69 Å². The first-order chi connectivity index (χ1) is 14.1. The van der Waals surface area contributed by atoms with Gasteiger partial charge in [-0.1, -0.05) is 29.8 Å². The topological polar surface area (TPSA) is 72.4 Å². The monoisotopic (exact) mass is 397 g/mol. The molecule has 1 aliphatic rings. The Hall–Kier alpha value is -2.90. The summed E-state index contributed by atoms with van der Waals surface area (Å²) >= 11 is 0. The third-order valence-electron chi connectivity index (χ3n) is 4.54. The molecule has 0 bridgehead atoms. The quantitative estimate of drug-likeness (QED) is 0.547. The maximum Gasteiger partial charge on any atom is 0.254 e. The lowest BCUT2D eigenvalue weighted by Gasteiger charge is -2.25. The molecule has 3 rings (SSSR count). The van der Waals surface area contributed by atoms with Gasteiger partial charge in [-0.25, -0.2) is 5.43 Å². The number of nitrogens with one attached hydrogen (secondary N) is 1. The van der Waals surface area contributed by atoms with Crippen molar-refractivity contribution in [1.82, 2.24) is 10.3 Å². The molecule has 2 aromatic rings. The molecule has 154 valence electrons. The number of ether oxygens (including phenoxy) is 3. The second-order valence-electron chi connectivity index (χ2n) is 6.87. The summed E-state index contributed by atoms with van der Waals surface area (Å²) in [6.45, 7) is 5.68. The molecular weight excluding hydrogens is 370 g/mol. The fourth-order valence-corrected chi connectivity index (χ4v) is 3.02. The van der Waals surface area contributed by atoms with Gasteiger partial charge in [-0.05, 0) is 36.2 Å². The average Bonchev–Trinajstić information content (AvgIpc) is 2.73. The highest BCUT2D eigenvalue weighted by atomic mass is 16.5. The molecular formula is C22H27N3O4. The van der Waals surface area contributed by atoms with Crippen molar-refractivity contribution in [3.63, 3.8) is 0 Å². The highest BCUT2D eigenvalue weighted by molar-refractivity contribution is 5.83. The Morgan fingerprint density at radius 2 is 2.03 bits per heavy atom. The van der Waals surface area contributed by atoms with E-state index >= 15 is 0 Å². The van der Waals surface area contributed by atoms with Crippen LogP contribution >= 0.6 is 0 Å². The second-order valence-corrected chi connectivity index (χ2v) is 6.87. The first-order valence-corrected chi connectivity index (χ1v) is 9.62. The summed E-state index contributed by atoms with van der Waals surface area (Å²) in [7, 11) is 1.60. The number of hydrazone groups is 1. The summed E-state index contributed by atoms with van der Waals surface area (Å²) in [5.74, 6) is 1.12. The van der Waals surface area contributed by atoms with Gasteiger partial charge >= 0.3 is 0 Å². The lowest BCUT2D eigenvalue weighted by molar-refractivity contribution is -0.123. The van der Waals surface area contributed by atoms with Gasteiger partial charge in [0, 0.05) is 13.1 Å². The zero-order valence-corrected chi connectivity index (χ0v) is 16.9. The van der Waals surface area contributed by atoms with Gasteiger partial charge < -0.3 is 14.2 Å². The molecule has 1 fully saturated rings. The highest BCUT2D eigenvalue weighted by Gasteiger charge is 2.13. The van der Waals surface area contributed by atoms with E-state index < -0.39 is 0 Å². The van der Waals surface area contributed by atoms with E-state index in [2.05, 4.69) is 29.6 Å². The maximum atomic E-state index is 12.0. The normalized spacial score (nSPS) is 14.7. The average molecular weight is 397 g/mol. The van der Waals surface area contributed by atoms with E-state index in [1.165, 1.54) is 5.56 Å². The molecule has 29 heavy (non-hydrogen) atoms. The SMILES string of the molecule is COc1cc(/C=N/NC(=O)CN2CCOCC2)ccc1OCc1cccc(C)c1. The van der Waals surface area contributed by atoms with Gasteiger partial charge in [-0.2, -0.15) is 5.10 Å². The van der Waals surface area contributed by atoms with Gasteiger partial charge in [0.05, 0.1) is 33.1 Å². The molecule has 7 heteroatoms. The molecule has 1 aliphatic heterocycles. The van der Waals surface area contributed by atoms with Crippen LogP contribution in [0.3, 0.4) is 0 Å². The van der Waals surface area contributed by atoms with Crippen molar-refractivity contribution in [2.45, 2.75) is 13.5 Å². The van der Waals surface area contributed by atoms with E-state index in [0.717, 1.165) is 24.2 Å². The van der Waals surface area contributed by atoms with Crippen LogP contribution in [0.5, 0.6) is 11.5 Å². The fraction of sp³-hybridized carbons (Fsp3) is 0.364. The molecule has 1 heterocycles. The van der Waals surface area contributed by atoms with Gasteiger partial charge in [-0.15, -0.1) is 0 Å². The Balaban J connectivity index is 1.53. The molecule has 1 saturated heterocycles. The molecule has 1 N–H and O–H groups in total. The number of hydrogen-bond donors (Lipinski definition) is 1. The van der Waals surface area contributed by atoms with E-state index in [9.17, 15) is 4.79 Å². The van der Waals surface area contributed by atoms with Gasteiger partial charge in [0.2, 0.25) is 0 Å². The van der Waals surface area contributed by atoms with E-state index in [1.807, 2.05) is 35.2 Å². The molecule has 0 atom stereocenters. The Bertz CT molecular complexity index is 848. The van der Waals surface area contributed by atoms with Crippen LogP contribution in [0.25, 0.3) is 0 Å². The lowest BCUT2D eigenvalue weighted by atomic mass is 10.1. The maximum absolute atomic E-state index is 12.0. The summed E-state index contributed by atoms with van der Waals surface area (Å²) in [4.78, 5) is 14.0. The minimum Gasteiger partial charge on any atom is -0.493 e. The molecule has 0 spiro atoms. The standard InChI is InChI=1S/C22H27N3O4/c1-17-4-3-5-19(12-17)16-29-20-7-6-18(13-21(20)27-2)14-23-24-22(26)15-25-8-10-28-11-9-25/h3-7,12-14H,8-11,15-16H2,1-2H3,(H,24,26)/b23-14+. The fourth-order valence-electron chi connectivity index (χ4n) is 3.02. The van der Waals surface area contributed by atoms with E-state index in [1.54, 1.807) is 13.3 Å². The van der Waals surface area contributed by atoms with Crippen LogP contribution in [-0.2, 0) is 16.1 Å². The van der Waals surface area contributed by atoms with Crippen molar-refractivity contribution in [3.05, 3.63) is 59.2 Å². The van der Waals surface area contributed by atoms with Crippen molar-refractivity contribution in [2.24, 2.45) is 5.10 Å². The molecule has 0 aromatic heterocycles. The van der Waals surface area contributed by atoms with E-state index in [0.29, 0.717) is 37.9 Å². The highest BCUT2D eigenvalue weighted by Crippen LogP contribution is 2.28. The molecule has 0 radical (unpaired) electrons. The molecule has 1 amide bonds. The minimum atomic E-state index is -0.145. The smallest absolute Gasteiger partial charge is 0.254 e. The predicted molar refractivity (Wildman–Crippen MR) is 112 cm³/mol. The van der Waals surface area contributed by atoms with E-state index in [-0.39, 0.29) is 5.91 Å². The van der Waals surface area contributed by atoms with Crippen molar-refractivity contribution in [1.29, 1.82) is 0 Å². The summed E-state index contributed by atoms with van der Waals surface area (Å²) in [6, 6.07) is 13.7. The summed E-state index contributed by atoms with van der Waals surface area (Å²) in [5.41, 5.74) is 5.65. The Morgan fingerprint density at radius 3 is 2.79 bits per heavy atom. The van der Waals surface area contributed by atoms with Crippen molar-refractivity contribution < 1.29 is 19.0 Å². The number of amides is 1. The number of benzene rings is 2. The van der Waals surface area contributed by atoms with Crippen LogP contribution in [0, 0.1) is 6.92 Å². The Morgan fingerprint density at radius 1 is 1.21 bits per heavy atom. The number of carbonyl (C=O) groups excluding carboxylic acids is 1. The number of morpholine rings is 1.